The number of aryl methyl sites for hydroxylation is 1. The summed E-state index contributed by atoms with van der Waals surface area (Å²) in [6.07, 6.45) is 1.27. The van der Waals surface area contributed by atoms with Gasteiger partial charge in [-0.1, -0.05) is 0 Å². The summed E-state index contributed by atoms with van der Waals surface area (Å²) in [6.45, 7) is 4.35. The molecule has 2 aromatic rings. The van der Waals surface area contributed by atoms with Gasteiger partial charge < -0.3 is 14.8 Å². The molecule has 0 aliphatic rings. The van der Waals surface area contributed by atoms with Gasteiger partial charge in [-0.25, -0.2) is 0 Å². The lowest BCUT2D eigenvalue weighted by atomic mass is 10.1. The molecule has 0 bridgehead atoms. The Morgan fingerprint density at radius 2 is 2.32 bits per heavy atom. The maximum atomic E-state index is 11.9. The molecule has 0 fully saturated rings. The van der Waals surface area contributed by atoms with E-state index in [4.69, 9.17) is 4.42 Å². The first kappa shape index (κ1) is 13.8. The first-order valence-electron chi connectivity index (χ1n) is 6.14. The standard InChI is InChI=1S/C14H17NO3S/c1-9-10(2)19-8-11(9)14(17)15-6-5-12(16)13-4-3-7-18-13/h3-4,7-8,12,16H,5-6H2,1-2H3,(H,15,17)/t12-/m1/s1. The minimum Gasteiger partial charge on any atom is -0.467 e. The number of nitrogens with one attached hydrogen (secondary N) is 1. The topological polar surface area (TPSA) is 62.5 Å². The molecule has 0 aliphatic heterocycles. The van der Waals surface area contributed by atoms with Crippen molar-refractivity contribution in [3.8, 4) is 0 Å². The molecular formula is C14H17NO3S. The smallest absolute Gasteiger partial charge is 0.252 e. The minimum absolute atomic E-state index is 0.0894. The number of carbonyl (C=O) groups is 1. The van der Waals surface area contributed by atoms with E-state index in [2.05, 4.69) is 5.32 Å². The van der Waals surface area contributed by atoms with Gasteiger partial charge in [0.05, 0.1) is 11.8 Å². The van der Waals surface area contributed by atoms with Gasteiger partial charge in [0, 0.05) is 16.8 Å². The summed E-state index contributed by atoms with van der Waals surface area (Å²) in [5.41, 5.74) is 1.74. The Hall–Kier alpha value is -1.59. The lowest BCUT2D eigenvalue weighted by Gasteiger charge is -2.09. The van der Waals surface area contributed by atoms with Crippen LogP contribution in [0.5, 0.6) is 0 Å². The van der Waals surface area contributed by atoms with E-state index in [-0.39, 0.29) is 5.91 Å². The summed E-state index contributed by atoms with van der Waals surface area (Å²) in [4.78, 5) is 13.1. The van der Waals surface area contributed by atoms with E-state index in [1.807, 2.05) is 19.2 Å². The lowest BCUT2D eigenvalue weighted by molar-refractivity contribution is 0.0936. The predicted octanol–water partition coefficient (Wildman–Crippen LogP) is 2.81. The Morgan fingerprint density at radius 3 is 2.89 bits per heavy atom. The normalized spacial score (nSPS) is 12.4. The summed E-state index contributed by atoms with van der Waals surface area (Å²) in [6, 6.07) is 3.45. The van der Waals surface area contributed by atoms with Gasteiger partial charge in [-0.3, -0.25) is 4.79 Å². The molecule has 2 aromatic heterocycles. The van der Waals surface area contributed by atoms with Crippen molar-refractivity contribution in [1.82, 2.24) is 5.32 Å². The van der Waals surface area contributed by atoms with E-state index < -0.39 is 6.10 Å². The number of furan rings is 1. The number of hydrogen-bond acceptors (Lipinski definition) is 4. The van der Waals surface area contributed by atoms with E-state index in [9.17, 15) is 9.90 Å². The minimum atomic E-state index is -0.680. The van der Waals surface area contributed by atoms with Gasteiger partial charge in [-0.15, -0.1) is 11.3 Å². The van der Waals surface area contributed by atoms with Crippen molar-refractivity contribution < 1.29 is 14.3 Å². The number of aliphatic hydroxyl groups excluding tert-OH is 1. The van der Waals surface area contributed by atoms with Gasteiger partial charge in [-0.05, 0) is 38.0 Å². The van der Waals surface area contributed by atoms with Crippen molar-refractivity contribution in [2.45, 2.75) is 26.4 Å². The van der Waals surface area contributed by atoms with Crippen LogP contribution < -0.4 is 5.32 Å². The zero-order valence-corrected chi connectivity index (χ0v) is 11.8. The van der Waals surface area contributed by atoms with Crippen LogP contribution in [0, 0.1) is 13.8 Å². The van der Waals surface area contributed by atoms with Crippen LogP contribution in [-0.4, -0.2) is 17.6 Å². The monoisotopic (exact) mass is 279 g/mol. The highest BCUT2D eigenvalue weighted by atomic mass is 32.1. The van der Waals surface area contributed by atoms with Gasteiger partial charge in [0.25, 0.3) is 5.91 Å². The molecule has 2 N–H and O–H groups in total. The fourth-order valence-electron chi connectivity index (χ4n) is 1.78. The summed E-state index contributed by atoms with van der Waals surface area (Å²) >= 11 is 1.57. The van der Waals surface area contributed by atoms with Crippen LogP contribution in [0.1, 0.15) is 39.1 Å². The molecule has 1 atom stereocenters. The highest BCUT2D eigenvalue weighted by Crippen LogP contribution is 2.20. The first-order chi connectivity index (χ1) is 9.09. The zero-order valence-electron chi connectivity index (χ0n) is 11.0. The summed E-state index contributed by atoms with van der Waals surface area (Å²) in [7, 11) is 0. The fraction of sp³-hybridized carbons (Fsp3) is 0.357. The largest absolute Gasteiger partial charge is 0.467 e. The second-order valence-corrected chi connectivity index (χ2v) is 5.49. The van der Waals surface area contributed by atoms with Crippen molar-refractivity contribution in [2.24, 2.45) is 0 Å². The molecule has 4 nitrogen and oxygen atoms in total. The zero-order chi connectivity index (χ0) is 13.8. The van der Waals surface area contributed by atoms with Crippen LogP contribution in [0.3, 0.4) is 0 Å². The Balaban J connectivity index is 1.83. The summed E-state index contributed by atoms with van der Waals surface area (Å²) < 4.78 is 5.10. The Morgan fingerprint density at radius 1 is 1.53 bits per heavy atom. The van der Waals surface area contributed by atoms with E-state index in [0.29, 0.717) is 18.7 Å². The van der Waals surface area contributed by atoms with Gasteiger partial charge in [0.15, 0.2) is 0 Å². The third-order valence-electron chi connectivity index (χ3n) is 3.11. The van der Waals surface area contributed by atoms with Crippen LogP contribution >= 0.6 is 11.3 Å². The molecular weight excluding hydrogens is 262 g/mol. The molecule has 0 saturated carbocycles. The fourth-order valence-corrected chi connectivity index (χ4v) is 2.64. The van der Waals surface area contributed by atoms with Crippen molar-refractivity contribution >= 4 is 17.2 Å². The van der Waals surface area contributed by atoms with Gasteiger partial charge >= 0.3 is 0 Å². The highest BCUT2D eigenvalue weighted by Gasteiger charge is 2.14. The molecule has 0 radical (unpaired) electrons. The quantitative estimate of drug-likeness (QED) is 0.884. The predicted molar refractivity (Wildman–Crippen MR) is 74.4 cm³/mol. The van der Waals surface area contributed by atoms with Gasteiger partial charge in [0.2, 0.25) is 0 Å². The SMILES string of the molecule is Cc1scc(C(=O)NCC[C@@H](O)c2ccco2)c1C. The van der Waals surface area contributed by atoms with E-state index in [1.54, 1.807) is 23.5 Å². The number of thiophene rings is 1. The van der Waals surface area contributed by atoms with Crippen molar-refractivity contribution in [3.05, 3.63) is 45.5 Å². The molecule has 0 spiro atoms. The molecule has 0 unspecified atom stereocenters. The van der Waals surface area contributed by atoms with Gasteiger partial charge in [-0.2, -0.15) is 0 Å². The number of hydrogen-bond donors (Lipinski definition) is 2. The summed E-state index contributed by atoms with van der Waals surface area (Å²) in [5, 5.41) is 14.5. The number of amides is 1. The van der Waals surface area contributed by atoms with Crippen molar-refractivity contribution in [2.75, 3.05) is 6.54 Å². The van der Waals surface area contributed by atoms with Crippen LogP contribution in [0.4, 0.5) is 0 Å². The van der Waals surface area contributed by atoms with Crippen molar-refractivity contribution in [1.29, 1.82) is 0 Å². The van der Waals surface area contributed by atoms with Crippen molar-refractivity contribution in [3.63, 3.8) is 0 Å². The summed E-state index contributed by atoms with van der Waals surface area (Å²) in [5.74, 6) is 0.435. The Kier molecular flexibility index (Phi) is 4.39. The maximum Gasteiger partial charge on any atom is 0.252 e. The average Bonchev–Trinajstić information content (AvgIpc) is 3.01. The van der Waals surface area contributed by atoms with E-state index >= 15 is 0 Å². The van der Waals surface area contributed by atoms with Crippen LogP contribution in [0.25, 0.3) is 0 Å². The molecule has 19 heavy (non-hydrogen) atoms. The number of rotatable bonds is 5. The Bertz CT molecular complexity index is 545. The second-order valence-electron chi connectivity index (χ2n) is 4.41. The van der Waals surface area contributed by atoms with Crippen LogP contribution in [0.15, 0.2) is 28.2 Å². The lowest BCUT2D eigenvalue weighted by Crippen LogP contribution is -2.25. The average molecular weight is 279 g/mol. The second kappa shape index (κ2) is 6.04. The van der Waals surface area contributed by atoms with E-state index in [1.165, 1.54) is 6.26 Å². The molecule has 0 aliphatic carbocycles. The molecule has 0 saturated heterocycles. The van der Waals surface area contributed by atoms with Crippen LogP contribution in [0.2, 0.25) is 0 Å². The van der Waals surface area contributed by atoms with Gasteiger partial charge in [0.1, 0.15) is 11.9 Å². The number of aliphatic hydroxyl groups is 1. The third-order valence-corrected chi connectivity index (χ3v) is 4.12. The molecule has 5 heteroatoms. The molecule has 2 heterocycles. The maximum absolute atomic E-state index is 11.9. The van der Waals surface area contributed by atoms with E-state index in [0.717, 1.165) is 16.0 Å². The van der Waals surface area contributed by atoms with Crippen LogP contribution in [-0.2, 0) is 0 Å². The Labute approximate surface area is 116 Å². The molecule has 0 aromatic carbocycles. The molecule has 1 amide bonds. The number of carbonyl (C=O) groups excluding carboxylic acids is 1. The molecule has 2 rings (SSSR count). The molecule has 102 valence electrons. The first-order valence-corrected chi connectivity index (χ1v) is 7.02. The third kappa shape index (κ3) is 3.24. The highest BCUT2D eigenvalue weighted by molar-refractivity contribution is 7.10.